The molecule has 3 N–H and O–H groups in total. The zero-order valence-corrected chi connectivity index (χ0v) is 20.4. The van der Waals surface area contributed by atoms with Gasteiger partial charge in [0.2, 0.25) is 5.91 Å². The SMILES string of the molecule is CCC(CC)(CNC(=O)C1CCCC1NC(=O)OCC1c2ccccc2-c2ccccc21)C(=O)O. The molecule has 2 aromatic rings. The number of amides is 2. The monoisotopic (exact) mass is 478 g/mol. The number of carboxylic acids is 1. The standard InChI is InChI=1S/C28H34N2O5/c1-3-28(4-2,26(32)33)17-29-25(31)22-14-9-15-24(22)30-27(34)35-16-23-20-12-7-5-10-18(20)19-11-6-8-13-21(19)23/h5-8,10-13,22-24H,3-4,9,14-17H2,1-2H3,(H,29,31)(H,30,34)(H,32,33). The fourth-order valence-electron chi connectivity index (χ4n) is 5.50. The number of fused-ring (bicyclic) bond motifs is 3. The number of rotatable bonds is 9. The Morgan fingerprint density at radius 3 is 2.14 bits per heavy atom. The van der Waals surface area contributed by atoms with Crippen LogP contribution in [0.15, 0.2) is 48.5 Å². The first-order chi connectivity index (χ1) is 16.9. The summed E-state index contributed by atoms with van der Waals surface area (Å²) in [5.41, 5.74) is 3.66. The molecular formula is C28H34N2O5. The fourth-order valence-corrected chi connectivity index (χ4v) is 5.50. The number of nitrogens with one attached hydrogen (secondary N) is 2. The van der Waals surface area contributed by atoms with Gasteiger partial charge in [-0.3, -0.25) is 9.59 Å². The number of alkyl carbamates (subject to hydrolysis) is 1. The maximum Gasteiger partial charge on any atom is 0.407 e. The Balaban J connectivity index is 1.34. The summed E-state index contributed by atoms with van der Waals surface area (Å²) < 4.78 is 5.65. The zero-order chi connectivity index (χ0) is 25.0. The van der Waals surface area contributed by atoms with Gasteiger partial charge in [-0.15, -0.1) is 0 Å². The molecule has 4 rings (SSSR count). The van der Waals surface area contributed by atoms with Gasteiger partial charge in [-0.2, -0.15) is 0 Å². The Kier molecular flexibility index (Phi) is 7.43. The summed E-state index contributed by atoms with van der Waals surface area (Å²) in [5.74, 6) is -1.53. The minimum atomic E-state index is -0.968. The van der Waals surface area contributed by atoms with E-state index in [0.29, 0.717) is 25.7 Å². The number of carboxylic acid groups (broad SMARTS) is 1. The van der Waals surface area contributed by atoms with Crippen LogP contribution in [0.1, 0.15) is 63.0 Å². The average molecular weight is 479 g/mol. The number of benzene rings is 2. The summed E-state index contributed by atoms with van der Waals surface area (Å²) in [6.45, 7) is 3.95. The van der Waals surface area contributed by atoms with Crippen LogP contribution in [0.5, 0.6) is 0 Å². The predicted molar refractivity (Wildman–Crippen MR) is 133 cm³/mol. The summed E-state index contributed by atoms with van der Waals surface area (Å²) in [7, 11) is 0. The lowest BCUT2D eigenvalue weighted by Crippen LogP contribution is -2.48. The van der Waals surface area contributed by atoms with E-state index in [-0.39, 0.29) is 31.0 Å². The summed E-state index contributed by atoms with van der Waals surface area (Å²) in [6, 6.07) is 16.0. The number of ether oxygens (including phenoxy) is 1. The Morgan fingerprint density at radius 1 is 0.971 bits per heavy atom. The number of hydrogen-bond acceptors (Lipinski definition) is 4. The van der Waals surface area contributed by atoms with Gasteiger partial charge in [0.25, 0.3) is 0 Å². The van der Waals surface area contributed by atoms with Crippen LogP contribution in [-0.4, -0.2) is 42.3 Å². The molecule has 0 heterocycles. The normalized spacial score (nSPS) is 19.0. The van der Waals surface area contributed by atoms with Crippen molar-refractivity contribution in [2.75, 3.05) is 13.2 Å². The first-order valence-corrected chi connectivity index (χ1v) is 12.5. The summed E-state index contributed by atoms with van der Waals surface area (Å²) in [4.78, 5) is 37.3. The van der Waals surface area contributed by atoms with E-state index in [2.05, 4.69) is 34.9 Å². The van der Waals surface area contributed by atoms with Crippen LogP contribution < -0.4 is 10.6 Å². The maximum absolute atomic E-state index is 12.9. The Bertz CT molecular complexity index is 1050. The van der Waals surface area contributed by atoms with Crippen molar-refractivity contribution in [1.29, 1.82) is 0 Å². The molecule has 2 unspecified atom stereocenters. The number of carbonyl (C=O) groups is 3. The third-order valence-corrected chi connectivity index (χ3v) is 7.91. The lowest BCUT2D eigenvalue weighted by Gasteiger charge is -2.28. The molecular weight excluding hydrogens is 444 g/mol. The second-order valence-electron chi connectivity index (χ2n) is 9.62. The van der Waals surface area contributed by atoms with Gasteiger partial charge in [0.1, 0.15) is 6.61 Å². The highest BCUT2D eigenvalue weighted by Crippen LogP contribution is 2.44. The minimum Gasteiger partial charge on any atom is -0.481 e. The molecule has 2 amide bonds. The second kappa shape index (κ2) is 10.5. The largest absolute Gasteiger partial charge is 0.481 e. The quantitative estimate of drug-likeness (QED) is 0.485. The maximum atomic E-state index is 12.9. The molecule has 0 spiro atoms. The Labute approximate surface area is 206 Å². The lowest BCUT2D eigenvalue weighted by molar-refractivity contribution is -0.149. The number of aliphatic carboxylic acids is 1. The van der Waals surface area contributed by atoms with Crippen LogP contribution >= 0.6 is 0 Å². The number of carbonyl (C=O) groups excluding carboxylic acids is 2. The lowest BCUT2D eigenvalue weighted by atomic mass is 9.82. The molecule has 0 aliphatic heterocycles. The van der Waals surface area contributed by atoms with Crippen molar-refractivity contribution < 1.29 is 24.2 Å². The van der Waals surface area contributed by atoms with Gasteiger partial charge in [0, 0.05) is 18.5 Å². The molecule has 0 bridgehead atoms. The molecule has 7 nitrogen and oxygen atoms in total. The van der Waals surface area contributed by atoms with Crippen molar-refractivity contribution in [2.24, 2.45) is 11.3 Å². The summed E-state index contributed by atoms with van der Waals surface area (Å²) in [5, 5.41) is 15.3. The van der Waals surface area contributed by atoms with Crippen molar-refractivity contribution in [3.63, 3.8) is 0 Å². The minimum absolute atomic E-state index is 0.0250. The van der Waals surface area contributed by atoms with Gasteiger partial charge in [0.05, 0.1) is 11.3 Å². The van der Waals surface area contributed by atoms with Gasteiger partial charge in [-0.1, -0.05) is 68.8 Å². The molecule has 0 aromatic heterocycles. The fraction of sp³-hybridized carbons (Fsp3) is 0.464. The van der Waals surface area contributed by atoms with Crippen molar-refractivity contribution >= 4 is 18.0 Å². The smallest absolute Gasteiger partial charge is 0.407 e. The molecule has 1 fully saturated rings. The summed E-state index contributed by atoms with van der Waals surface area (Å²) >= 11 is 0. The van der Waals surface area contributed by atoms with Gasteiger partial charge in [-0.05, 0) is 47.9 Å². The molecule has 186 valence electrons. The summed E-state index contributed by atoms with van der Waals surface area (Å²) in [6.07, 6.45) is 2.50. The highest BCUT2D eigenvalue weighted by Gasteiger charge is 2.39. The molecule has 2 aliphatic carbocycles. The molecule has 1 saturated carbocycles. The van der Waals surface area contributed by atoms with Crippen LogP contribution in [0.4, 0.5) is 4.79 Å². The van der Waals surface area contributed by atoms with E-state index in [9.17, 15) is 19.5 Å². The predicted octanol–water partition coefficient (Wildman–Crippen LogP) is 4.70. The van der Waals surface area contributed by atoms with E-state index < -0.39 is 23.4 Å². The van der Waals surface area contributed by atoms with Crippen molar-refractivity contribution in [3.05, 3.63) is 59.7 Å². The Hall–Kier alpha value is -3.35. The van der Waals surface area contributed by atoms with Crippen LogP contribution in [0.2, 0.25) is 0 Å². The van der Waals surface area contributed by atoms with E-state index in [1.165, 1.54) is 11.1 Å². The Morgan fingerprint density at radius 2 is 1.57 bits per heavy atom. The van der Waals surface area contributed by atoms with E-state index in [1.807, 2.05) is 38.1 Å². The second-order valence-corrected chi connectivity index (χ2v) is 9.62. The van der Waals surface area contributed by atoms with Crippen LogP contribution in [0.3, 0.4) is 0 Å². The van der Waals surface area contributed by atoms with Crippen LogP contribution in [0.25, 0.3) is 11.1 Å². The molecule has 35 heavy (non-hydrogen) atoms. The van der Waals surface area contributed by atoms with E-state index in [4.69, 9.17) is 4.74 Å². The third-order valence-electron chi connectivity index (χ3n) is 7.91. The molecule has 2 atom stereocenters. The van der Waals surface area contributed by atoms with Gasteiger partial charge < -0.3 is 20.5 Å². The highest BCUT2D eigenvalue weighted by atomic mass is 16.5. The van der Waals surface area contributed by atoms with E-state index in [0.717, 1.165) is 17.5 Å². The molecule has 2 aromatic carbocycles. The van der Waals surface area contributed by atoms with Crippen molar-refractivity contribution in [2.45, 2.75) is 57.9 Å². The zero-order valence-electron chi connectivity index (χ0n) is 20.4. The van der Waals surface area contributed by atoms with Crippen LogP contribution in [-0.2, 0) is 14.3 Å². The van der Waals surface area contributed by atoms with E-state index >= 15 is 0 Å². The average Bonchev–Trinajstić information content (AvgIpc) is 3.46. The number of hydrogen-bond donors (Lipinski definition) is 3. The highest BCUT2D eigenvalue weighted by molar-refractivity contribution is 5.82. The van der Waals surface area contributed by atoms with Gasteiger partial charge in [-0.25, -0.2) is 4.79 Å². The van der Waals surface area contributed by atoms with E-state index in [1.54, 1.807) is 0 Å². The third kappa shape index (κ3) is 4.90. The first kappa shape index (κ1) is 24.8. The molecule has 7 heteroatoms. The van der Waals surface area contributed by atoms with Gasteiger partial charge >= 0.3 is 12.1 Å². The molecule has 2 aliphatic rings. The van der Waals surface area contributed by atoms with Crippen molar-refractivity contribution in [1.82, 2.24) is 10.6 Å². The first-order valence-electron chi connectivity index (χ1n) is 12.5. The van der Waals surface area contributed by atoms with Crippen molar-refractivity contribution in [3.8, 4) is 11.1 Å². The topological polar surface area (TPSA) is 105 Å². The van der Waals surface area contributed by atoms with Gasteiger partial charge in [0.15, 0.2) is 0 Å². The molecule has 0 saturated heterocycles. The molecule has 0 radical (unpaired) electrons. The van der Waals surface area contributed by atoms with Crippen LogP contribution in [0, 0.1) is 11.3 Å².